The second-order valence-corrected chi connectivity index (χ2v) is 5.13. The largest absolute Gasteiger partial charge is 0.508 e. The van der Waals surface area contributed by atoms with E-state index in [9.17, 15) is 15.0 Å². The van der Waals surface area contributed by atoms with Crippen LogP contribution >= 0.6 is 0 Å². The summed E-state index contributed by atoms with van der Waals surface area (Å²) >= 11 is 0. The van der Waals surface area contributed by atoms with Crippen molar-refractivity contribution >= 4 is 5.78 Å². The van der Waals surface area contributed by atoms with Gasteiger partial charge >= 0.3 is 0 Å². The minimum atomic E-state index is -0.356. The van der Waals surface area contributed by atoms with Crippen molar-refractivity contribution in [3.05, 3.63) is 65.2 Å². The van der Waals surface area contributed by atoms with E-state index in [1.54, 1.807) is 30.3 Å². The molecule has 0 spiro atoms. The van der Waals surface area contributed by atoms with Crippen LogP contribution in [0.3, 0.4) is 0 Å². The average molecular weight is 298 g/mol. The van der Waals surface area contributed by atoms with Crippen LogP contribution in [0.1, 0.15) is 29.8 Å². The van der Waals surface area contributed by atoms with Gasteiger partial charge in [-0.25, -0.2) is 0 Å². The third-order valence-electron chi connectivity index (χ3n) is 3.06. The molecular weight excluding hydrogens is 280 g/mol. The van der Waals surface area contributed by atoms with Gasteiger partial charge in [-0.3, -0.25) is 4.79 Å². The van der Waals surface area contributed by atoms with Gasteiger partial charge < -0.3 is 14.9 Å². The molecule has 2 N–H and O–H groups in total. The van der Waals surface area contributed by atoms with E-state index in [2.05, 4.69) is 0 Å². The summed E-state index contributed by atoms with van der Waals surface area (Å²) in [6, 6.07) is 11.1. The number of hydrogen-bond donors (Lipinski definition) is 2. The molecule has 0 aliphatic rings. The SMILES string of the molecule is CC(C)=CCOc1cc(O)cc(O)c1C(=O)c1ccccc1. The Morgan fingerprint density at radius 2 is 1.82 bits per heavy atom. The molecule has 2 rings (SSSR count). The van der Waals surface area contributed by atoms with Crippen LogP contribution in [0.2, 0.25) is 0 Å². The number of carbonyl (C=O) groups is 1. The number of phenols is 2. The molecule has 0 aliphatic heterocycles. The molecule has 2 aromatic carbocycles. The second-order valence-electron chi connectivity index (χ2n) is 5.13. The van der Waals surface area contributed by atoms with Crippen LogP contribution in [0.25, 0.3) is 0 Å². The molecule has 0 aromatic heterocycles. The van der Waals surface area contributed by atoms with E-state index in [-0.39, 0.29) is 35.2 Å². The van der Waals surface area contributed by atoms with Gasteiger partial charge in [-0.05, 0) is 19.9 Å². The zero-order valence-electron chi connectivity index (χ0n) is 12.5. The summed E-state index contributed by atoms with van der Waals surface area (Å²) in [5, 5.41) is 19.6. The summed E-state index contributed by atoms with van der Waals surface area (Å²) in [5.74, 6) is -0.662. The van der Waals surface area contributed by atoms with Crippen molar-refractivity contribution in [1.29, 1.82) is 0 Å². The molecule has 0 saturated carbocycles. The number of phenolic OH excluding ortho intramolecular Hbond substituents is 2. The lowest BCUT2D eigenvalue weighted by molar-refractivity contribution is 0.103. The van der Waals surface area contributed by atoms with Crippen LogP contribution in [-0.2, 0) is 0 Å². The molecule has 0 saturated heterocycles. The van der Waals surface area contributed by atoms with Crippen LogP contribution < -0.4 is 4.74 Å². The van der Waals surface area contributed by atoms with Crippen molar-refractivity contribution in [2.75, 3.05) is 6.61 Å². The smallest absolute Gasteiger partial charge is 0.200 e. The molecule has 2 aromatic rings. The van der Waals surface area contributed by atoms with Crippen LogP contribution in [0.15, 0.2) is 54.1 Å². The topological polar surface area (TPSA) is 66.8 Å². The lowest BCUT2D eigenvalue weighted by atomic mass is 10.0. The molecule has 22 heavy (non-hydrogen) atoms. The Morgan fingerprint density at radius 1 is 1.14 bits per heavy atom. The molecule has 0 fully saturated rings. The third-order valence-corrected chi connectivity index (χ3v) is 3.06. The van der Waals surface area contributed by atoms with Gasteiger partial charge in [0.25, 0.3) is 0 Å². The van der Waals surface area contributed by atoms with Crippen molar-refractivity contribution in [3.8, 4) is 17.2 Å². The van der Waals surface area contributed by atoms with Crippen molar-refractivity contribution in [2.24, 2.45) is 0 Å². The van der Waals surface area contributed by atoms with Gasteiger partial charge in [0.05, 0.1) is 0 Å². The first-order chi connectivity index (χ1) is 10.5. The first-order valence-corrected chi connectivity index (χ1v) is 6.91. The Kier molecular flexibility index (Phi) is 4.84. The van der Waals surface area contributed by atoms with Crippen molar-refractivity contribution in [2.45, 2.75) is 13.8 Å². The number of carbonyl (C=O) groups excluding carboxylic acids is 1. The summed E-state index contributed by atoms with van der Waals surface area (Å²) in [4.78, 5) is 12.6. The number of hydrogen-bond acceptors (Lipinski definition) is 4. The molecule has 4 heteroatoms. The molecule has 114 valence electrons. The quantitative estimate of drug-likeness (QED) is 0.653. The number of aromatic hydroxyl groups is 2. The Balaban J connectivity index is 2.41. The fraction of sp³-hybridized carbons (Fsp3) is 0.167. The van der Waals surface area contributed by atoms with Crippen LogP contribution in [0.4, 0.5) is 0 Å². The van der Waals surface area contributed by atoms with Gasteiger partial charge in [-0.2, -0.15) is 0 Å². The van der Waals surface area contributed by atoms with Gasteiger partial charge in [0.2, 0.25) is 5.78 Å². The summed E-state index contributed by atoms with van der Waals surface area (Å²) in [5.41, 5.74) is 1.56. The fourth-order valence-electron chi connectivity index (χ4n) is 1.96. The maximum absolute atomic E-state index is 12.6. The molecule has 0 bridgehead atoms. The minimum Gasteiger partial charge on any atom is -0.508 e. The van der Waals surface area contributed by atoms with Gasteiger partial charge in [-0.1, -0.05) is 35.9 Å². The summed E-state index contributed by atoms with van der Waals surface area (Å²) in [6.07, 6.45) is 1.85. The highest BCUT2D eigenvalue weighted by Gasteiger charge is 2.20. The van der Waals surface area contributed by atoms with E-state index in [0.29, 0.717) is 5.56 Å². The first-order valence-electron chi connectivity index (χ1n) is 6.91. The molecule has 0 atom stereocenters. The Labute approximate surface area is 129 Å². The van der Waals surface area contributed by atoms with Gasteiger partial charge in [0.1, 0.15) is 29.4 Å². The molecule has 0 heterocycles. The van der Waals surface area contributed by atoms with Crippen LogP contribution in [-0.4, -0.2) is 22.6 Å². The average Bonchev–Trinajstić information content (AvgIpc) is 2.46. The molecule has 0 aliphatic carbocycles. The minimum absolute atomic E-state index is 0.0474. The Hall–Kier alpha value is -2.75. The summed E-state index contributed by atoms with van der Waals surface area (Å²) in [7, 11) is 0. The second kappa shape index (κ2) is 6.80. The fourth-order valence-corrected chi connectivity index (χ4v) is 1.96. The lowest BCUT2D eigenvalue weighted by Crippen LogP contribution is -2.06. The molecule has 0 radical (unpaired) electrons. The standard InChI is InChI=1S/C18H18O4/c1-12(2)8-9-22-16-11-14(19)10-15(20)17(16)18(21)13-6-4-3-5-7-13/h3-8,10-11,19-20H,9H2,1-2H3. The highest BCUT2D eigenvalue weighted by molar-refractivity contribution is 6.12. The highest BCUT2D eigenvalue weighted by atomic mass is 16.5. The predicted molar refractivity (Wildman–Crippen MR) is 84.6 cm³/mol. The first kappa shape index (κ1) is 15.6. The number of rotatable bonds is 5. The maximum Gasteiger partial charge on any atom is 0.200 e. The molecule has 4 nitrogen and oxygen atoms in total. The van der Waals surface area contributed by atoms with Crippen molar-refractivity contribution < 1.29 is 19.7 Å². The number of ketones is 1. The Bertz CT molecular complexity index is 699. The number of benzene rings is 2. The van der Waals surface area contributed by atoms with Gasteiger partial charge in [0, 0.05) is 17.7 Å². The van der Waals surface area contributed by atoms with E-state index in [4.69, 9.17) is 4.74 Å². The number of allylic oxidation sites excluding steroid dienone is 1. The van der Waals surface area contributed by atoms with Crippen molar-refractivity contribution in [1.82, 2.24) is 0 Å². The van der Waals surface area contributed by atoms with Gasteiger partial charge in [0.15, 0.2) is 0 Å². The monoisotopic (exact) mass is 298 g/mol. The zero-order valence-corrected chi connectivity index (χ0v) is 12.5. The molecular formula is C18H18O4. The number of ether oxygens (including phenoxy) is 1. The lowest BCUT2D eigenvalue weighted by Gasteiger charge is -2.12. The van der Waals surface area contributed by atoms with E-state index < -0.39 is 0 Å². The van der Waals surface area contributed by atoms with E-state index >= 15 is 0 Å². The third kappa shape index (κ3) is 3.67. The van der Waals surface area contributed by atoms with Crippen molar-refractivity contribution in [3.63, 3.8) is 0 Å². The molecule has 0 unspecified atom stereocenters. The van der Waals surface area contributed by atoms with E-state index in [1.165, 1.54) is 6.07 Å². The zero-order chi connectivity index (χ0) is 16.1. The Morgan fingerprint density at radius 3 is 2.45 bits per heavy atom. The van der Waals surface area contributed by atoms with Crippen LogP contribution in [0, 0.1) is 0 Å². The summed E-state index contributed by atoms with van der Waals surface area (Å²) in [6.45, 7) is 4.11. The normalized spacial score (nSPS) is 10.1. The molecule has 0 amide bonds. The predicted octanol–water partition coefficient (Wildman–Crippen LogP) is 3.67. The van der Waals surface area contributed by atoms with Gasteiger partial charge in [-0.15, -0.1) is 0 Å². The van der Waals surface area contributed by atoms with E-state index in [1.807, 2.05) is 19.9 Å². The maximum atomic E-state index is 12.6. The summed E-state index contributed by atoms with van der Waals surface area (Å²) < 4.78 is 5.54. The highest BCUT2D eigenvalue weighted by Crippen LogP contribution is 2.34. The van der Waals surface area contributed by atoms with E-state index in [0.717, 1.165) is 11.6 Å². The van der Waals surface area contributed by atoms with Crippen LogP contribution in [0.5, 0.6) is 17.2 Å².